The minimum atomic E-state index is -1.14. The molecule has 0 aromatic heterocycles. The molecule has 1 atom stereocenters. The first-order chi connectivity index (χ1) is 7.60. The molecule has 16 heavy (non-hydrogen) atoms. The molecule has 2 nitrogen and oxygen atoms in total. The SMILES string of the molecule is CCCCCC(C=O)(CCCC)O[SiH](C)C. The van der Waals surface area contributed by atoms with Crippen LogP contribution in [0.25, 0.3) is 0 Å². The minimum Gasteiger partial charge on any atom is -0.408 e. The number of carbonyl (C=O) groups is 1. The molecule has 0 fully saturated rings. The van der Waals surface area contributed by atoms with Gasteiger partial charge in [0, 0.05) is 0 Å². The van der Waals surface area contributed by atoms with Crippen LogP contribution in [0.2, 0.25) is 13.1 Å². The van der Waals surface area contributed by atoms with Crippen LogP contribution in [0.5, 0.6) is 0 Å². The normalized spacial score (nSPS) is 15.1. The molecule has 0 spiro atoms. The van der Waals surface area contributed by atoms with Gasteiger partial charge in [-0.3, -0.25) is 0 Å². The summed E-state index contributed by atoms with van der Waals surface area (Å²) >= 11 is 0. The van der Waals surface area contributed by atoms with E-state index < -0.39 is 14.6 Å². The molecule has 0 aliphatic carbocycles. The summed E-state index contributed by atoms with van der Waals surface area (Å²) in [7, 11) is -1.14. The number of unbranched alkanes of at least 4 members (excludes halogenated alkanes) is 3. The van der Waals surface area contributed by atoms with Crippen LogP contribution in [0.15, 0.2) is 0 Å². The van der Waals surface area contributed by atoms with E-state index in [9.17, 15) is 4.79 Å². The van der Waals surface area contributed by atoms with E-state index >= 15 is 0 Å². The first-order valence-corrected chi connectivity index (χ1v) is 9.52. The molecule has 0 rings (SSSR count). The smallest absolute Gasteiger partial charge is 0.172 e. The lowest BCUT2D eigenvalue weighted by atomic mass is 9.92. The Balaban J connectivity index is 4.34. The summed E-state index contributed by atoms with van der Waals surface area (Å²) in [6.07, 6.45) is 8.62. The van der Waals surface area contributed by atoms with Gasteiger partial charge in [-0.2, -0.15) is 0 Å². The molecule has 0 N–H and O–H groups in total. The van der Waals surface area contributed by atoms with Crippen LogP contribution in [0, 0.1) is 0 Å². The van der Waals surface area contributed by atoms with Gasteiger partial charge in [-0.15, -0.1) is 0 Å². The molecule has 0 aromatic rings. The van der Waals surface area contributed by atoms with Crippen molar-refractivity contribution < 1.29 is 9.22 Å². The van der Waals surface area contributed by atoms with E-state index in [1.165, 1.54) is 12.8 Å². The molecule has 0 aliphatic rings. The van der Waals surface area contributed by atoms with Gasteiger partial charge < -0.3 is 9.22 Å². The Labute approximate surface area is 102 Å². The summed E-state index contributed by atoms with van der Waals surface area (Å²) in [4.78, 5) is 11.4. The minimum absolute atomic E-state index is 0.453. The molecule has 0 saturated heterocycles. The quantitative estimate of drug-likeness (QED) is 0.333. The lowest BCUT2D eigenvalue weighted by Gasteiger charge is -2.31. The zero-order valence-electron chi connectivity index (χ0n) is 11.4. The Morgan fingerprint density at radius 2 is 1.62 bits per heavy atom. The zero-order valence-corrected chi connectivity index (χ0v) is 12.6. The average Bonchev–Trinajstić information content (AvgIpc) is 2.25. The number of aldehydes is 1. The van der Waals surface area contributed by atoms with Crippen molar-refractivity contribution in [1.29, 1.82) is 0 Å². The molecule has 0 radical (unpaired) electrons. The number of rotatable bonds is 10. The van der Waals surface area contributed by atoms with E-state index in [0.717, 1.165) is 38.4 Å². The van der Waals surface area contributed by atoms with Crippen LogP contribution in [-0.4, -0.2) is 20.9 Å². The van der Waals surface area contributed by atoms with Crippen LogP contribution in [0.4, 0.5) is 0 Å². The van der Waals surface area contributed by atoms with Gasteiger partial charge in [-0.25, -0.2) is 0 Å². The Hall–Kier alpha value is -0.153. The maximum atomic E-state index is 11.4. The van der Waals surface area contributed by atoms with Crippen molar-refractivity contribution in [2.45, 2.75) is 77.5 Å². The monoisotopic (exact) mass is 244 g/mol. The fraction of sp³-hybridized carbons (Fsp3) is 0.923. The fourth-order valence-corrected chi connectivity index (χ4v) is 3.24. The van der Waals surface area contributed by atoms with Crippen molar-refractivity contribution in [2.24, 2.45) is 0 Å². The second-order valence-electron chi connectivity index (χ2n) is 4.91. The standard InChI is InChI=1S/C13H28O2Si/c1-5-7-9-11-13(12-14,10-8-6-2)15-16(3)4/h12,16H,5-11H2,1-4H3. The highest BCUT2D eigenvalue weighted by molar-refractivity contribution is 6.48. The molecule has 1 unspecified atom stereocenters. The van der Waals surface area contributed by atoms with Gasteiger partial charge in [0.2, 0.25) is 0 Å². The predicted molar refractivity (Wildman–Crippen MR) is 72.4 cm³/mol. The Bertz CT molecular complexity index is 183. The molecule has 96 valence electrons. The van der Waals surface area contributed by atoms with Crippen molar-refractivity contribution in [3.05, 3.63) is 0 Å². The summed E-state index contributed by atoms with van der Waals surface area (Å²) in [5.41, 5.74) is -0.453. The summed E-state index contributed by atoms with van der Waals surface area (Å²) in [6, 6.07) is 0. The van der Waals surface area contributed by atoms with E-state index in [2.05, 4.69) is 26.9 Å². The maximum absolute atomic E-state index is 11.4. The first-order valence-electron chi connectivity index (χ1n) is 6.74. The van der Waals surface area contributed by atoms with Crippen molar-refractivity contribution >= 4 is 15.3 Å². The maximum Gasteiger partial charge on any atom is 0.172 e. The van der Waals surface area contributed by atoms with Gasteiger partial charge in [-0.1, -0.05) is 46.0 Å². The van der Waals surface area contributed by atoms with Crippen LogP contribution < -0.4 is 0 Å². The number of hydrogen-bond acceptors (Lipinski definition) is 2. The molecule has 0 bridgehead atoms. The topological polar surface area (TPSA) is 26.3 Å². The molecular formula is C13H28O2Si. The van der Waals surface area contributed by atoms with Gasteiger partial charge in [-0.05, 0) is 25.9 Å². The van der Waals surface area contributed by atoms with Crippen molar-refractivity contribution in [2.75, 3.05) is 0 Å². The summed E-state index contributed by atoms with van der Waals surface area (Å²) in [5.74, 6) is 0. The Morgan fingerprint density at radius 3 is 2.06 bits per heavy atom. The predicted octanol–water partition coefficient (Wildman–Crippen LogP) is 3.69. The van der Waals surface area contributed by atoms with Gasteiger partial charge in [0.15, 0.2) is 15.3 Å². The number of carbonyl (C=O) groups excluding carboxylic acids is 1. The zero-order chi connectivity index (χ0) is 12.4. The van der Waals surface area contributed by atoms with Crippen molar-refractivity contribution in [3.8, 4) is 0 Å². The van der Waals surface area contributed by atoms with Crippen LogP contribution in [0.1, 0.15) is 58.8 Å². The first kappa shape index (κ1) is 15.8. The van der Waals surface area contributed by atoms with Gasteiger partial charge in [0.25, 0.3) is 0 Å². The molecule has 0 heterocycles. The van der Waals surface area contributed by atoms with Crippen LogP contribution >= 0.6 is 0 Å². The third-order valence-electron chi connectivity index (χ3n) is 2.84. The highest BCUT2D eigenvalue weighted by Gasteiger charge is 2.30. The van der Waals surface area contributed by atoms with Crippen LogP contribution in [0.3, 0.4) is 0 Å². The van der Waals surface area contributed by atoms with E-state index in [0.29, 0.717) is 0 Å². The molecule has 0 aliphatic heterocycles. The van der Waals surface area contributed by atoms with E-state index in [1.807, 2.05) is 0 Å². The lowest BCUT2D eigenvalue weighted by molar-refractivity contribution is -0.123. The molecule has 0 saturated carbocycles. The number of hydrogen-bond donors (Lipinski definition) is 0. The van der Waals surface area contributed by atoms with E-state index in [-0.39, 0.29) is 0 Å². The van der Waals surface area contributed by atoms with Crippen molar-refractivity contribution in [1.82, 2.24) is 0 Å². The summed E-state index contributed by atoms with van der Waals surface area (Å²) in [5, 5.41) is 0. The van der Waals surface area contributed by atoms with Crippen LogP contribution in [-0.2, 0) is 9.22 Å². The molecule has 0 amide bonds. The third kappa shape index (κ3) is 6.43. The molecular weight excluding hydrogens is 216 g/mol. The Kier molecular flexibility index (Phi) is 8.85. The second kappa shape index (κ2) is 8.94. The molecule has 0 aromatic carbocycles. The second-order valence-corrected chi connectivity index (χ2v) is 7.24. The summed E-state index contributed by atoms with van der Waals surface area (Å²) < 4.78 is 6.01. The lowest BCUT2D eigenvalue weighted by Crippen LogP contribution is -2.38. The fourth-order valence-electron chi connectivity index (χ4n) is 2.01. The van der Waals surface area contributed by atoms with Gasteiger partial charge in [0.1, 0.15) is 5.60 Å². The highest BCUT2D eigenvalue weighted by Crippen LogP contribution is 2.25. The van der Waals surface area contributed by atoms with E-state index in [4.69, 9.17) is 4.43 Å². The third-order valence-corrected chi connectivity index (χ3v) is 3.78. The largest absolute Gasteiger partial charge is 0.408 e. The van der Waals surface area contributed by atoms with E-state index in [1.54, 1.807) is 0 Å². The highest BCUT2D eigenvalue weighted by atomic mass is 28.3. The Morgan fingerprint density at radius 1 is 1.06 bits per heavy atom. The van der Waals surface area contributed by atoms with Gasteiger partial charge >= 0.3 is 0 Å². The van der Waals surface area contributed by atoms with Crippen molar-refractivity contribution in [3.63, 3.8) is 0 Å². The molecule has 3 heteroatoms. The summed E-state index contributed by atoms with van der Waals surface area (Å²) in [6.45, 7) is 8.63. The van der Waals surface area contributed by atoms with Gasteiger partial charge in [0.05, 0.1) is 0 Å². The average molecular weight is 244 g/mol.